The first-order chi connectivity index (χ1) is 9.61. The zero-order valence-electron chi connectivity index (χ0n) is 11.4. The van der Waals surface area contributed by atoms with Crippen LogP contribution in [0.25, 0.3) is 0 Å². The molecule has 0 aliphatic carbocycles. The number of amides is 2. The van der Waals surface area contributed by atoms with Gasteiger partial charge in [0.25, 0.3) is 0 Å². The van der Waals surface area contributed by atoms with Crippen LogP contribution in [0.3, 0.4) is 0 Å². The van der Waals surface area contributed by atoms with Crippen LogP contribution in [-0.4, -0.2) is 42.9 Å². The molecule has 0 saturated carbocycles. The summed E-state index contributed by atoms with van der Waals surface area (Å²) in [6.07, 6.45) is 0.161. The van der Waals surface area contributed by atoms with Crippen molar-refractivity contribution < 1.29 is 9.59 Å². The summed E-state index contributed by atoms with van der Waals surface area (Å²) in [5, 5.41) is 6.27. The molecule has 1 saturated heterocycles. The number of benzene rings is 1. The van der Waals surface area contributed by atoms with Crippen molar-refractivity contribution in [2.45, 2.75) is 19.0 Å². The van der Waals surface area contributed by atoms with Crippen molar-refractivity contribution in [3.05, 3.63) is 34.9 Å². The molecule has 2 N–H and O–H groups in total. The van der Waals surface area contributed by atoms with E-state index in [2.05, 4.69) is 10.6 Å². The third kappa shape index (κ3) is 3.49. The molecule has 0 bridgehead atoms. The van der Waals surface area contributed by atoms with E-state index in [0.717, 1.165) is 5.56 Å². The highest BCUT2D eigenvalue weighted by Crippen LogP contribution is 2.18. The maximum absolute atomic E-state index is 12.3. The average molecular weight is 296 g/mol. The van der Waals surface area contributed by atoms with Gasteiger partial charge in [-0.3, -0.25) is 9.59 Å². The van der Waals surface area contributed by atoms with Crippen molar-refractivity contribution in [1.29, 1.82) is 0 Å². The van der Waals surface area contributed by atoms with E-state index < -0.39 is 6.04 Å². The first kappa shape index (κ1) is 14.8. The van der Waals surface area contributed by atoms with Crippen LogP contribution in [-0.2, 0) is 16.1 Å². The Labute approximate surface area is 123 Å². The maximum Gasteiger partial charge on any atom is 0.240 e. The molecular weight excluding hydrogens is 278 g/mol. The summed E-state index contributed by atoms with van der Waals surface area (Å²) >= 11 is 6.12. The minimum absolute atomic E-state index is 0.0558. The van der Waals surface area contributed by atoms with Gasteiger partial charge < -0.3 is 15.5 Å². The molecule has 1 heterocycles. The summed E-state index contributed by atoms with van der Waals surface area (Å²) < 4.78 is 0. The number of carbonyl (C=O) groups excluding carboxylic acids is 2. The van der Waals surface area contributed by atoms with E-state index in [1.807, 2.05) is 24.3 Å². The van der Waals surface area contributed by atoms with Crippen molar-refractivity contribution in [2.24, 2.45) is 0 Å². The van der Waals surface area contributed by atoms with Crippen LogP contribution in [0.1, 0.15) is 12.0 Å². The Morgan fingerprint density at radius 3 is 2.95 bits per heavy atom. The summed E-state index contributed by atoms with van der Waals surface area (Å²) in [4.78, 5) is 25.5. The van der Waals surface area contributed by atoms with E-state index in [1.54, 1.807) is 11.9 Å². The molecule has 0 aromatic heterocycles. The van der Waals surface area contributed by atoms with Crippen molar-refractivity contribution in [2.75, 3.05) is 20.1 Å². The first-order valence-electron chi connectivity index (χ1n) is 6.58. The molecule has 1 atom stereocenters. The lowest BCUT2D eigenvalue weighted by atomic mass is 10.1. The van der Waals surface area contributed by atoms with E-state index in [4.69, 9.17) is 11.6 Å². The lowest BCUT2D eigenvalue weighted by Gasteiger charge is -2.33. The highest BCUT2D eigenvalue weighted by molar-refractivity contribution is 6.31. The fourth-order valence-corrected chi connectivity index (χ4v) is 2.42. The third-order valence-electron chi connectivity index (χ3n) is 3.37. The second kappa shape index (κ2) is 6.72. The van der Waals surface area contributed by atoms with Gasteiger partial charge in [-0.1, -0.05) is 29.8 Å². The Bertz CT molecular complexity index is 507. The number of nitrogens with one attached hydrogen (secondary N) is 2. The topological polar surface area (TPSA) is 61.4 Å². The van der Waals surface area contributed by atoms with Gasteiger partial charge >= 0.3 is 0 Å². The average Bonchev–Trinajstić information content (AvgIpc) is 2.45. The van der Waals surface area contributed by atoms with Crippen molar-refractivity contribution in [3.8, 4) is 0 Å². The largest absolute Gasteiger partial charge is 0.359 e. The van der Waals surface area contributed by atoms with E-state index in [-0.39, 0.29) is 18.2 Å². The predicted molar refractivity (Wildman–Crippen MR) is 77.3 cm³/mol. The molecule has 108 valence electrons. The molecule has 1 unspecified atom stereocenters. The Morgan fingerprint density at radius 1 is 1.50 bits per heavy atom. The fourth-order valence-electron chi connectivity index (χ4n) is 2.23. The standard InChI is InChI=1S/C14H18ClN3O2/c1-16-13(19)8-12-14(20)18(7-6-17-12)9-10-4-2-3-5-11(10)15/h2-5,12,17H,6-9H2,1H3,(H,16,19). The molecule has 0 radical (unpaired) electrons. The normalized spacial score (nSPS) is 19.0. The maximum atomic E-state index is 12.3. The summed E-state index contributed by atoms with van der Waals surface area (Å²) in [7, 11) is 1.57. The number of hydrogen-bond acceptors (Lipinski definition) is 3. The number of halogens is 1. The molecule has 2 rings (SSSR count). The zero-order valence-corrected chi connectivity index (χ0v) is 12.1. The van der Waals surface area contributed by atoms with Gasteiger partial charge in [0.1, 0.15) is 0 Å². The highest BCUT2D eigenvalue weighted by atomic mass is 35.5. The summed E-state index contributed by atoms with van der Waals surface area (Å²) in [5.41, 5.74) is 0.920. The quantitative estimate of drug-likeness (QED) is 0.863. The lowest BCUT2D eigenvalue weighted by Crippen LogP contribution is -2.55. The number of piperazine rings is 1. The van der Waals surface area contributed by atoms with Gasteiger partial charge in [0.05, 0.1) is 12.5 Å². The molecule has 20 heavy (non-hydrogen) atoms. The Balaban J connectivity index is 2.03. The van der Waals surface area contributed by atoms with Crippen LogP contribution in [0.4, 0.5) is 0 Å². The Hall–Kier alpha value is -1.59. The van der Waals surface area contributed by atoms with Gasteiger partial charge in [0, 0.05) is 31.7 Å². The van der Waals surface area contributed by atoms with Crippen LogP contribution in [0.5, 0.6) is 0 Å². The van der Waals surface area contributed by atoms with Crippen molar-refractivity contribution >= 4 is 23.4 Å². The number of rotatable bonds is 4. The molecule has 1 aliphatic rings. The molecule has 1 aromatic carbocycles. The smallest absolute Gasteiger partial charge is 0.240 e. The second-order valence-electron chi connectivity index (χ2n) is 4.74. The monoisotopic (exact) mass is 295 g/mol. The summed E-state index contributed by atoms with van der Waals surface area (Å²) in [6.45, 7) is 1.77. The van der Waals surface area contributed by atoms with E-state index in [1.165, 1.54) is 0 Å². The molecular formula is C14H18ClN3O2. The van der Waals surface area contributed by atoms with Crippen LogP contribution in [0, 0.1) is 0 Å². The first-order valence-corrected chi connectivity index (χ1v) is 6.95. The number of nitrogens with zero attached hydrogens (tertiary/aromatic N) is 1. The van der Waals surface area contributed by atoms with Gasteiger partial charge in [-0.15, -0.1) is 0 Å². The number of hydrogen-bond donors (Lipinski definition) is 2. The van der Waals surface area contributed by atoms with Crippen LogP contribution < -0.4 is 10.6 Å². The van der Waals surface area contributed by atoms with E-state index >= 15 is 0 Å². The Morgan fingerprint density at radius 2 is 2.25 bits per heavy atom. The van der Waals surface area contributed by atoms with Crippen LogP contribution in [0.15, 0.2) is 24.3 Å². The zero-order chi connectivity index (χ0) is 14.5. The SMILES string of the molecule is CNC(=O)CC1NCCN(Cc2ccccc2Cl)C1=O. The molecule has 1 fully saturated rings. The third-order valence-corrected chi connectivity index (χ3v) is 3.74. The molecule has 6 heteroatoms. The van der Waals surface area contributed by atoms with Crippen LogP contribution >= 0.6 is 11.6 Å². The molecule has 0 spiro atoms. The van der Waals surface area contributed by atoms with Gasteiger partial charge in [-0.05, 0) is 11.6 Å². The van der Waals surface area contributed by atoms with Gasteiger partial charge in [-0.2, -0.15) is 0 Å². The molecule has 1 aliphatic heterocycles. The Kier molecular flexibility index (Phi) is 4.98. The van der Waals surface area contributed by atoms with E-state index in [9.17, 15) is 9.59 Å². The van der Waals surface area contributed by atoms with Crippen molar-refractivity contribution in [1.82, 2.24) is 15.5 Å². The minimum Gasteiger partial charge on any atom is -0.359 e. The molecule has 1 aromatic rings. The van der Waals surface area contributed by atoms with Crippen LogP contribution in [0.2, 0.25) is 5.02 Å². The van der Waals surface area contributed by atoms with Gasteiger partial charge in [-0.25, -0.2) is 0 Å². The molecule has 2 amide bonds. The van der Waals surface area contributed by atoms with Crippen molar-refractivity contribution in [3.63, 3.8) is 0 Å². The highest BCUT2D eigenvalue weighted by Gasteiger charge is 2.29. The molecule has 5 nitrogen and oxygen atoms in total. The summed E-state index contributed by atoms with van der Waals surface area (Å²) in [6, 6.07) is 7.03. The number of carbonyl (C=O) groups is 2. The van der Waals surface area contributed by atoms with Gasteiger partial charge in [0.2, 0.25) is 11.8 Å². The fraction of sp³-hybridized carbons (Fsp3) is 0.429. The predicted octanol–water partition coefficient (Wildman–Crippen LogP) is 0.777. The van der Waals surface area contributed by atoms with E-state index in [0.29, 0.717) is 24.7 Å². The lowest BCUT2D eigenvalue weighted by molar-refractivity contribution is -0.138. The summed E-state index contributed by atoms with van der Waals surface area (Å²) in [5.74, 6) is -0.199. The minimum atomic E-state index is -0.453. The van der Waals surface area contributed by atoms with Gasteiger partial charge in [0.15, 0.2) is 0 Å². The second-order valence-corrected chi connectivity index (χ2v) is 5.14.